The maximum absolute atomic E-state index is 12.1. The van der Waals surface area contributed by atoms with E-state index in [2.05, 4.69) is 34.6 Å². The molecule has 2 N–H and O–H groups in total. The lowest BCUT2D eigenvalue weighted by Crippen LogP contribution is -2.48. The number of aryl methyl sites for hydroxylation is 1. The number of amides is 1. The summed E-state index contributed by atoms with van der Waals surface area (Å²) in [5.74, 6) is 2.45. The lowest BCUT2D eigenvalue weighted by atomic mass is 10.1. The van der Waals surface area contributed by atoms with Gasteiger partial charge in [-0.3, -0.25) is 4.79 Å². The van der Waals surface area contributed by atoms with Gasteiger partial charge in [-0.05, 0) is 25.8 Å². The van der Waals surface area contributed by atoms with Crippen molar-refractivity contribution in [2.45, 2.75) is 64.1 Å². The molecule has 3 heterocycles. The van der Waals surface area contributed by atoms with Crippen LogP contribution in [0, 0.1) is 0 Å². The predicted molar refractivity (Wildman–Crippen MR) is 82.6 cm³/mol. The van der Waals surface area contributed by atoms with Gasteiger partial charge >= 0.3 is 0 Å². The molecule has 0 spiro atoms. The van der Waals surface area contributed by atoms with Crippen LogP contribution in [0.15, 0.2) is 0 Å². The minimum absolute atomic E-state index is 0. The molecule has 7 heteroatoms. The van der Waals surface area contributed by atoms with Crippen LogP contribution in [0.2, 0.25) is 0 Å². The summed E-state index contributed by atoms with van der Waals surface area (Å²) >= 11 is 0. The van der Waals surface area contributed by atoms with Crippen molar-refractivity contribution in [2.75, 3.05) is 6.54 Å². The average molecular weight is 314 g/mol. The molecular formula is C14H24ClN5O. The molecule has 2 aliphatic rings. The van der Waals surface area contributed by atoms with E-state index in [1.54, 1.807) is 0 Å². The molecule has 0 radical (unpaired) electrons. The first-order valence-electron chi connectivity index (χ1n) is 7.61. The Kier molecular flexibility index (Phi) is 5.22. The minimum atomic E-state index is -0.00151. The molecule has 0 aromatic carbocycles. The van der Waals surface area contributed by atoms with Crippen molar-refractivity contribution in [1.29, 1.82) is 0 Å². The van der Waals surface area contributed by atoms with Gasteiger partial charge in [0.1, 0.15) is 5.82 Å². The van der Waals surface area contributed by atoms with Crippen molar-refractivity contribution in [2.24, 2.45) is 0 Å². The van der Waals surface area contributed by atoms with E-state index in [0.717, 1.165) is 50.4 Å². The van der Waals surface area contributed by atoms with E-state index in [9.17, 15) is 4.79 Å². The fourth-order valence-electron chi connectivity index (χ4n) is 2.90. The third-order valence-corrected chi connectivity index (χ3v) is 4.11. The Labute approximate surface area is 131 Å². The Balaban J connectivity index is 0.00000161. The summed E-state index contributed by atoms with van der Waals surface area (Å²) in [6, 6.07) is 0.178. The van der Waals surface area contributed by atoms with Crippen LogP contribution in [0.25, 0.3) is 0 Å². The Morgan fingerprint density at radius 2 is 2.24 bits per heavy atom. The predicted octanol–water partition coefficient (Wildman–Crippen LogP) is 1.01. The molecule has 2 aliphatic heterocycles. The number of rotatable bonds is 3. The topological polar surface area (TPSA) is 71.8 Å². The van der Waals surface area contributed by atoms with Crippen molar-refractivity contribution in [1.82, 2.24) is 25.4 Å². The van der Waals surface area contributed by atoms with E-state index >= 15 is 0 Å². The first-order valence-corrected chi connectivity index (χ1v) is 7.61. The van der Waals surface area contributed by atoms with Gasteiger partial charge < -0.3 is 10.6 Å². The zero-order chi connectivity index (χ0) is 14.1. The first-order chi connectivity index (χ1) is 9.63. The second-order valence-electron chi connectivity index (χ2n) is 6.12. The summed E-state index contributed by atoms with van der Waals surface area (Å²) in [6.45, 7) is 5.90. The van der Waals surface area contributed by atoms with Crippen molar-refractivity contribution < 1.29 is 4.79 Å². The number of fused-ring (bicyclic) bond motifs is 1. The van der Waals surface area contributed by atoms with Gasteiger partial charge in [0.15, 0.2) is 5.82 Å². The largest absolute Gasteiger partial charge is 0.350 e. The van der Waals surface area contributed by atoms with Crippen molar-refractivity contribution in [3.05, 3.63) is 11.6 Å². The zero-order valence-electron chi connectivity index (χ0n) is 12.6. The molecule has 1 amide bonds. The fourth-order valence-corrected chi connectivity index (χ4v) is 2.90. The summed E-state index contributed by atoms with van der Waals surface area (Å²) in [5.41, 5.74) is 0. The van der Waals surface area contributed by atoms with Crippen LogP contribution in [-0.2, 0) is 17.8 Å². The number of hydrogen-bond acceptors (Lipinski definition) is 4. The van der Waals surface area contributed by atoms with Crippen molar-refractivity contribution in [3.8, 4) is 0 Å². The Hall–Kier alpha value is -1.14. The van der Waals surface area contributed by atoms with Crippen LogP contribution in [0.1, 0.15) is 50.7 Å². The number of aromatic nitrogens is 3. The molecule has 2 unspecified atom stereocenters. The third kappa shape index (κ3) is 3.55. The molecule has 2 atom stereocenters. The number of halogens is 1. The van der Waals surface area contributed by atoms with Gasteiger partial charge in [-0.1, -0.05) is 13.8 Å². The Morgan fingerprint density at radius 3 is 2.90 bits per heavy atom. The minimum Gasteiger partial charge on any atom is -0.350 e. The van der Waals surface area contributed by atoms with Gasteiger partial charge in [-0.25, -0.2) is 9.67 Å². The quantitative estimate of drug-likeness (QED) is 0.873. The van der Waals surface area contributed by atoms with Gasteiger partial charge in [0.2, 0.25) is 5.91 Å². The SMILES string of the molecule is CC(C)c1nc2n(n1)CC(NC(=O)C1CCCN1)CC2.Cl. The summed E-state index contributed by atoms with van der Waals surface area (Å²) in [6.07, 6.45) is 3.88. The van der Waals surface area contributed by atoms with E-state index in [4.69, 9.17) is 0 Å². The molecule has 1 aromatic heterocycles. The molecule has 0 saturated carbocycles. The third-order valence-electron chi connectivity index (χ3n) is 4.11. The van der Waals surface area contributed by atoms with Gasteiger partial charge in [-0.2, -0.15) is 5.10 Å². The number of carbonyl (C=O) groups is 1. The van der Waals surface area contributed by atoms with Crippen LogP contribution in [-0.4, -0.2) is 39.3 Å². The molecule has 0 aliphatic carbocycles. The summed E-state index contributed by atoms with van der Waals surface area (Å²) in [7, 11) is 0. The Morgan fingerprint density at radius 1 is 1.43 bits per heavy atom. The first kappa shape index (κ1) is 16.2. The maximum Gasteiger partial charge on any atom is 0.237 e. The molecule has 6 nitrogen and oxygen atoms in total. The zero-order valence-corrected chi connectivity index (χ0v) is 13.4. The van der Waals surface area contributed by atoms with Crippen LogP contribution < -0.4 is 10.6 Å². The van der Waals surface area contributed by atoms with Crippen molar-refractivity contribution >= 4 is 18.3 Å². The second kappa shape index (κ2) is 6.75. The fraction of sp³-hybridized carbons (Fsp3) is 0.786. The van der Waals surface area contributed by atoms with Gasteiger partial charge in [0, 0.05) is 18.4 Å². The van der Waals surface area contributed by atoms with Crippen molar-refractivity contribution in [3.63, 3.8) is 0 Å². The smallest absolute Gasteiger partial charge is 0.237 e. The number of nitrogens with one attached hydrogen (secondary N) is 2. The highest BCUT2D eigenvalue weighted by molar-refractivity contribution is 5.85. The van der Waals surface area contributed by atoms with Crippen LogP contribution in [0.4, 0.5) is 0 Å². The van der Waals surface area contributed by atoms with E-state index in [1.165, 1.54) is 0 Å². The summed E-state index contributed by atoms with van der Waals surface area (Å²) in [5, 5.41) is 10.9. The number of hydrogen-bond donors (Lipinski definition) is 2. The molecule has 118 valence electrons. The van der Waals surface area contributed by atoms with Crippen LogP contribution in [0.5, 0.6) is 0 Å². The maximum atomic E-state index is 12.1. The normalized spacial score (nSPS) is 24.5. The second-order valence-corrected chi connectivity index (χ2v) is 6.12. The monoisotopic (exact) mass is 313 g/mol. The van der Waals surface area contributed by atoms with Gasteiger partial charge in [-0.15, -0.1) is 12.4 Å². The number of nitrogens with zero attached hydrogens (tertiary/aromatic N) is 3. The molecule has 1 fully saturated rings. The number of carbonyl (C=O) groups excluding carboxylic acids is 1. The van der Waals surface area contributed by atoms with E-state index in [0.29, 0.717) is 5.92 Å². The summed E-state index contributed by atoms with van der Waals surface area (Å²) < 4.78 is 1.96. The molecule has 1 saturated heterocycles. The molecule has 21 heavy (non-hydrogen) atoms. The van der Waals surface area contributed by atoms with E-state index < -0.39 is 0 Å². The molecule has 1 aromatic rings. The van der Waals surface area contributed by atoms with Gasteiger partial charge in [0.05, 0.1) is 12.6 Å². The van der Waals surface area contributed by atoms with Crippen LogP contribution >= 0.6 is 12.4 Å². The molecular weight excluding hydrogens is 290 g/mol. The molecule has 3 rings (SSSR count). The van der Waals surface area contributed by atoms with E-state index in [1.807, 2.05) is 4.68 Å². The standard InChI is InChI=1S/C14H23N5O.ClH/c1-9(2)13-17-12-6-5-10(8-19(12)18-13)16-14(20)11-4-3-7-15-11;/h9-11,15H,3-8H2,1-2H3,(H,16,20);1H. The van der Waals surface area contributed by atoms with Crippen LogP contribution in [0.3, 0.4) is 0 Å². The average Bonchev–Trinajstić information content (AvgIpc) is 3.07. The lowest BCUT2D eigenvalue weighted by Gasteiger charge is -2.24. The summed E-state index contributed by atoms with van der Waals surface area (Å²) in [4.78, 5) is 16.7. The van der Waals surface area contributed by atoms with E-state index in [-0.39, 0.29) is 30.4 Å². The molecule has 0 bridgehead atoms. The van der Waals surface area contributed by atoms with Gasteiger partial charge in [0.25, 0.3) is 0 Å². The highest BCUT2D eigenvalue weighted by Crippen LogP contribution is 2.17. The highest BCUT2D eigenvalue weighted by atomic mass is 35.5. The lowest BCUT2D eigenvalue weighted by molar-refractivity contribution is -0.123. The Bertz CT molecular complexity index is 496. The highest BCUT2D eigenvalue weighted by Gasteiger charge is 2.27.